The summed E-state index contributed by atoms with van der Waals surface area (Å²) >= 11 is 0. The highest BCUT2D eigenvalue weighted by Crippen LogP contribution is 2.01. The van der Waals surface area contributed by atoms with Gasteiger partial charge in [-0.15, -0.1) is 12.4 Å². The molecule has 0 saturated carbocycles. The van der Waals surface area contributed by atoms with Crippen LogP contribution in [-0.4, -0.2) is 43.8 Å². The van der Waals surface area contributed by atoms with Crippen molar-refractivity contribution in [1.82, 2.24) is 5.32 Å². The van der Waals surface area contributed by atoms with Crippen molar-refractivity contribution in [1.29, 1.82) is 0 Å². The standard InChI is InChI=1S/C13H21N3O2.ClH/c1-16(2,18)9-8-15-13(17)12(14)10-11-6-4-3-5-7-11;/h3-7,12H,8-10,14H2,1-2H3,(H,15,17);1H. The molecule has 0 bridgehead atoms. The molecule has 0 aromatic heterocycles. The van der Waals surface area contributed by atoms with Crippen molar-refractivity contribution in [2.24, 2.45) is 5.73 Å². The third-order valence-electron chi connectivity index (χ3n) is 2.58. The number of hydrogen-bond donors (Lipinski definition) is 2. The number of nitrogens with two attached hydrogens (primary N) is 1. The van der Waals surface area contributed by atoms with Gasteiger partial charge in [-0.1, -0.05) is 30.3 Å². The summed E-state index contributed by atoms with van der Waals surface area (Å²) < 4.78 is -0.422. The summed E-state index contributed by atoms with van der Waals surface area (Å²) in [4.78, 5) is 11.7. The topological polar surface area (TPSA) is 78.2 Å². The van der Waals surface area contributed by atoms with Crippen LogP contribution >= 0.6 is 12.4 Å². The molecular weight excluding hydrogens is 266 g/mol. The Morgan fingerprint density at radius 3 is 2.47 bits per heavy atom. The van der Waals surface area contributed by atoms with E-state index in [1.54, 1.807) is 0 Å². The Hall–Kier alpha value is -1.14. The summed E-state index contributed by atoms with van der Waals surface area (Å²) in [5, 5.41) is 14.0. The third kappa shape index (κ3) is 7.79. The number of nitrogens with one attached hydrogen (secondary N) is 1. The minimum atomic E-state index is -0.574. The van der Waals surface area contributed by atoms with Gasteiger partial charge >= 0.3 is 0 Å². The van der Waals surface area contributed by atoms with Gasteiger partial charge in [-0.3, -0.25) is 4.79 Å². The minimum absolute atomic E-state index is 0. The second-order valence-electron chi connectivity index (χ2n) is 4.88. The first kappa shape index (κ1) is 17.9. The number of quaternary nitrogens is 1. The molecule has 19 heavy (non-hydrogen) atoms. The van der Waals surface area contributed by atoms with Gasteiger partial charge in [-0.2, -0.15) is 0 Å². The van der Waals surface area contributed by atoms with E-state index in [0.29, 0.717) is 19.5 Å². The molecule has 0 fully saturated rings. The van der Waals surface area contributed by atoms with Crippen LogP contribution in [0.4, 0.5) is 0 Å². The number of rotatable bonds is 6. The van der Waals surface area contributed by atoms with Gasteiger partial charge in [0.25, 0.3) is 0 Å². The Morgan fingerprint density at radius 2 is 1.95 bits per heavy atom. The predicted molar refractivity (Wildman–Crippen MR) is 78.7 cm³/mol. The predicted octanol–water partition coefficient (Wildman–Crippen LogP) is 0.669. The highest BCUT2D eigenvalue weighted by atomic mass is 35.5. The van der Waals surface area contributed by atoms with Crippen molar-refractivity contribution in [3.8, 4) is 0 Å². The maximum absolute atomic E-state index is 11.7. The van der Waals surface area contributed by atoms with Crippen LogP contribution in [0.2, 0.25) is 0 Å². The molecule has 6 heteroatoms. The minimum Gasteiger partial charge on any atom is -0.633 e. The zero-order valence-corrected chi connectivity index (χ0v) is 12.2. The van der Waals surface area contributed by atoms with Crippen molar-refractivity contribution >= 4 is 18.3 Å². The SMILES string of the molecule is C[N+](C)([O-])CCNC(=O)C(N)Cc1ccccc1.Cl. The van der Waals surface area contributed by atoms with E-state index in [2.05, 4.69) is 5.32 Å². The number of amides is 1. The highest BCUT2D eigenvalue weighted by molar-refractivity contribution is 5.85. The lowest BCUT2D eigenvalue weighted by atomic mass is 10.1. The van der Waals surface area contributed by atoms with Crippen molar-refractivity contribution in [3.63, 3.8) is 0 Å². The fraction of sp³-hybridized carbons (Fsp3) is 0.462. The normalized spacial score (nSPS) is 12.4. The molecule has 0 radical (unpaired) electrons. The molecule has 5 nitrogen and oxygen atoms in total. The van der Waals surface area contributed by atoms with E-state index >= 15 is 0 Å². The van der Waals surface area contributed by atoms with Crippen molar-refractivity contribution in [3.05, 3.63) is 41.1 Å². The first-order valence-electron chi connectivity index (χ1n) is 6.00. The number of hydrogen-bond acceptors (Lipinski definition) is 3. The number of carbonyl (C=O) groups excluding carboxylic acids is 1. The van der Waals surface area contributed by atoms with Crippen LogP contribution in [0.3, 0.4) is 0 Å². The summed E-state index contributed by atoms with van der Waals surface area (Å²) in [5.74, 6) is -0.215. The molecule has 0 heterocycles. The number of nitrogens with zero attached hydrogens (tertiary/aromatic N) is 1. The largest absolute Gasteiger partial charge is 0.633 e. The molecule has 0 spiro atoms. The van der Waals surface area contributed by atoms with Gasteiger partial charge in [-0.05, 0) is 12.0 Å². The van der Waals surface area contributed by atoms with Crippen molar-refractivity contribution in [2.45, 2.75) is 12.5 Å². The zero-order chi connectivity index (χ0) is 13.6. The molecule has 1 rings (SSSR count). The number of benzene rings is 1. The molecular formula is C13H22ClN3O2. The third-order valence-corrected chi connectivity index (χ3v) is 2.58. The van der Waals surface area contributed by atoms with E-state index in [0.717, 1.165) is 5.56 Å². The quantitative estimate of drug-likeness (QED) is 0.596. The summed E-state index contributed by atoms with van der Waals surface area (Å²) in [5.41, 5.74) is 6.83. The Labute approximate surface area is 120 Å². The van der Waals surface area contributed by atoms with E-state index in [1.807, 2.05) is 30.3 Å². The van der Waals surface area contributed by atoms with Crippen LogP contribution in [0.25, 0.3) is 0 Å². The van der Waals surface area contributed by atoms with Crippen LogP contribution in [0.5, 0.6) is 0 Å². The molecule has 1 aromatic carbocycles. The molecule has 108 valence electrons. The molecule has 0 saturated heterocycles. The molecule has 1 amide bonds. The van der Waals surface area contributed by atoms with Gasteiger partial charge in [-0.25, -0.2) is 0 Å². The number of halogens is 1. The lowest BCUT2D eigenvalue weighted by Crippen LogP contribution is -2.46. The van der Waals surface area contributed by atoms with Crippen LogP contribution in [0.15, 0.2) is 30.3 Å². The number of carbonyl (C=O) groups is 1. The Balaban J connectivity index is 0.00000324. The first-order chi connectivity index (χ1) is 8.38. The second kappa shape index (κ2) is 8.12. The van der Waals surface area contributed by atoms with E-state index in [4.69, 9.17) is 5.73 Å². The van der Waals surface area contributed by atoms with E-state index in [-0.39, 0.29) is 18.3 Å². The maximum atomic E-state index is 11.7. The summed E-state index contributed by atoms with van der Waals surface area (Å²) in [6.45, 7) is 0.682. The van der Waals surface area contributed by atoms with Gasteiger partial charge in [0.05, 0.1) is 33.2 Å². The van der Waals surface area contributed by atoms with Crippen LogP contribution in [0.1, 0.15) is 5.56 Å². The smallest absolute Gasteiger partial charge is 0.237 e. The van der Waals surface area contributed by atoms with Crippen molar-refractivity contribution < 1.29 is 9.44 Å². The highest BCUT2D eigenvalue weighted by Gasteiger charge is 2.14. The average Bonchev–Trinajstić information content (AvgIpc) is 2.28. The summed E-state index contributed by atoms with van der Waals surface area (Å²) in [6.07, 6.45) is 0.502. The molecule has 3 N–H and O–H groups in total. The number of hydroxylamine groups is 3. The van der Waals surface area contributed by atoms with Crippen LogP contribution in [0, 0.1) is 5.21 Å². The van der Waals surface area contributed by atoms with Crippen LogP contribution < -0.4 is 11.1 Å². The fourth-order valence-electron chi connectivity index (χ4n) is 1.54. The van der Waals surface area contributed by atoms with Gasteiger partial charge in [0.15, 0.2) is 0 Å². The Morgan fingerprint density at radius 1 is 1.37 bits per heavy atom. The van der Waals surface area contributed by atoms with Crippen LogP contribution in [-0.2, 0) is 11.2 Å². The molecule has 1 aromatic rings. The molecule has 1 unspecified atom stereocenters. The van der Waals surface area contributed by atoms with E-state index in [1.165, 1.54) is 14.1 Å². The molecule has 0 aliphatic heterocycles. The molecule has 0 aliphatic rings. The summed E-state index contributed by atoms with van der Waals surface area (Å²) in [6, 6.07) is 9.04. The van der Waals surface area contributed by atoms with Gasteiger partial charge in [0.2, 0.25) is 5.91 Å². The lowest BCUT2D eigenvalue weighted by molar-refractivity contribution is -0.838. The molecule has 1 atom stereocenters. The Bertz CT molecular complexity index is 379. The monoisotopic (exact) mass is 287 g/mol. The maximum Gasteiger partial charge on any atom is 0.237 e. The van der Waals surface area contributed by atoms with Gasteiger partial charge in [0.1, 0.15) is 0 Å². The van der Waals surface area contributed by atoms with E-state index < -0.39 is 10.7 Å². The van der Waals surface area contributed by atoms with E-state index in [9.17, 15) is 10.0 Å². The zero-order valence-electron chi connectivity index (χ0n) is 11.3. The Kier molecular flexibility index (Phi) is 7.63. The van der Waals surface area contributed by atoms with Gasteiger partial charge in [0, 0.05) is 0 Å². The van der Waals surface area contributed by atoms with Gasteiger partial charge < -0.3 is 20.9 Å². The van der Waals surface area contributed by atoms with Crippen molar-refractivity contribution in [2.75, 3.05) is 27.2 Å². The second-order valence-corrected chi connectivity index (χ2v) is 4.88. The molecule has 0 aliphatic carbocycles. The fourth-order valence-corrected chi connectivity index (χ4v) is 1.54. The lowest BCUT2D eigenvalue weighted by Gasteiger charge is -2.33. The summed E-state index contributed by atoms with van der Waals surface area (Å²) in [7, 11) is 3.08. The number of likely N-dealkylation sites (N-methyl/N-ethyl adjacent to an activating group) is 1. The average molecular weight is 288 g/mol. The first-order valence-corrected chi connectivity index (χ1v) is 6.00.